The predicted molar refractivity (Wildman–Crippen MR) is 107 cm³/mol. The van der Waals surface area contributed by atoms with Crippen LogP contribution in [-0.4, -0.2) is 51.6 Å². The Balaban J connectivity index is 1.78. The largest absolute Gasteiger partial charge is 0.353 e. The Kier molecular flexibility index (Phi) is 4.34. The number of fused-ring (bicyclic) bond motifs is 1. The molecule has 0 unspecified atom stereocenters. The van der Waals surface area contributed by atoms with Crippen LogP contribution in [0.1, 0.15) is 23.9 Å². The summed E-state index contributed by atoms with van der Waals surface area (Å²) in [6.45, 7) is 10.9. The molecule has 2 aromatic heterocycles. The van der Waals surface area contributed by atoms with Crippen molar-refractivity contribution in [1.82, 2.24) is 19.5 Å². The van der Waals surface area contributed by atoms with Crippen LogP contribution in [0, 0.1) is 20.8 Å². The number of benzene rings is 1. The summed E-state index contributed by atoms with van der Waals surface area (Å²) >= 11 is 0. The molecule has 3 heterocycles. The van der Waals surface area contributed by atoms with Gasteiger partial charge in [0.05, 0.1) is 5.69 Å². The number of nitrogens with zero attached hydrogens (tertiary/aromatic N) is 5. The average Bonchev–Trinajstić information content (AvgIpc) is 2.97. The van der Waals surface area contributed by atoms with E-state index in [1.807, 2.05) is 23.3 Å². The van der Waals surface area contributed by atoms with Crippen LogP contribution in [-0.2, 0) is 4.79 Å². The van der Waals surface area contributed by atoms with Gasteiger partial charge in [0.1, 0.15) is 5.82 Å². The molecule has 3 aromatic rings. The van der Waals surface area contributed by atoms with Gasteiger partial charge in [-0.15, -0.1) is 0 Å². The van der Waals surface area contributed by atoms with E-state index in [0.717, 1.165) is 60.2 Å². The van der Waals surface area contributed by atoms with Crippen molar-refractivity contribution in [3.05, 3.63) is 47.3 Å². The number of rotatable bonds is 2. The molecule has 0 atom stereocenters. The molecule has 6 nitrogen and oxygen atoms in total. The molecule has 0 spiro atoms. The number of aryl methyl sites for hydroxylation is 3. The molecule has 6 heteroatoms. The van der Waals surface area contributed by atoms with Gasteiger partial charge < -0.3 is 9.80 Å². The zero-order chi connectivity index (χ0) is 19.1. The summed E-state index contributed by atoms with van der Waals surface area (Å²) in [5.74, 6) is 1.18. The molecule has 4 rings (SSSR count). The van der Waals surface area contributed by atoms with Crippen LogP contribution in [0.3, 0.4) is 0 Å². The Bertz CT molecular complexity index is 998. The van der Waals surface area contributed by atoms with Crippen molar-refractivity contribution in [3.8, 4) is 11.1 Å². The predicted octanol–water partition coefficient (Wildman–Crippen LogP) is 2.99. The fourth-order valence-corrected chi connectivity index (χ4v) is 3.76. The van der Waals surface area contributed by atoms with Gasteiger partial charge in [-0.2, -0.15) is 9.61 Å². The second kappa shape index (κ2) is 6.68. The SMILES string of the molecule is CC(=O)N1CCN(c2cc(C)nc3c(-c4ccc(C)cc4)c(C)nn23)CC1. The number of aromatic nitrogens is 3. The van der Waals surface area contributed by atoms with Crippen LogP contribution in [0.4, 0.5) is 5.82 Å². The van der Waals surface area contributed by atoms with Crippen LogP contribution in [0.5, 0.6) is 0 Å². The summed E-state index contributed by atoms with van der Waals surface area (Å²) in [6.07, 6.45) is 0. The molecule has 1 aromatic carbocycles. The highest BCUT2D eigenvalue weighted by atomic mass is 16.2. The van der Waals surface area contributed by atoms with Gasteiger partial charge in [-0.25, -0.2) is 4.98 Å². The lowest BCUT2D eigenvalue weighted by Gasteiger charge is -2.35. The lowest BCUT2D eigenvalue weighted by Crippen LogP contribution is -2.48. The number of piperazine rings is 1. The first-order valence-corrected chi connectivity index (χ1v) is 9.38. The fourth-order valence-electron chi connectivity index (χ4n) is 3.76. The van der Waals surface area contributed by atoms with Gasteiger partial charge >= 0.3 is 0 Å². The minimum atomic E-state index is 0.141. The number of hydrogen-bond donors (Lipinski definition) is 0. The van der Waals surface area contributed by atoms with Gasteiger partial charge in [0, 0.05) is 50.4 Å². The highest BCUT2D eigenvalue weighted by Gasteiger charge is 2.23. The van der Waals surface area contributed by atoms with Gasteiger partial charge in [-0.1, -0.05) is 29.8 Å². The molecule has 1 aliphatic rings. The third-order valence-corrected chi connectivity index (χ3v) is 5.26. The van der Waals surface area contributed by atoms with E-state index >= 15 is 0 Å². The van der Waals surface area contributed by atoms with Crippen LogP contribution in [0.25, 0.3) is 16.8 Å². The molecule has 27 heavy (non-hydrogen) atoms. The maximum Gasteiger partial charge on any atom is 0.219 e. The maximum absolute atomic E-state index is 11.6. The fraction of sp³-hybridized carbons (Fsp3) is 0.381. The molecule has 0 radical (unpaired) electrons. The van der Waals surface area contributed by atoms with Crippen molar-refractivity contribution < 1.29 is 4.79 Å². The molecule has 0 saturated carbocycles. The zero-order valence-corrected chi connectivity index (χ0v) is 16.4. The molecule has 140 valence electrons. The lowest BCUT2D eigenvalue weighted by atomic mass is 10.0. The number of amides is 1. The van der Waals surface area contributed by atoms with Crippen LogP contribution in [0.15, 0.2) is 30.3 Å². The molecule has 1 amide bonds. The maximum atomic E-state index is 11.6. The highest BCUT2D eigenvalue weighted by Crippen LogP contribution is 2.30. The standard InChI is InChI=1S/C21H25N5O/c1-14-5-7-18(8-6-14)20-16(3)23-26-19(13-15(2)22-21(20)26)25-11-9-24(10-12-25)17(4)27/h5-8,13H,9-12H2,1-4H3. The Morgan fingerprint density at radius 2 is 1.67 bits per heavy atom. The summed E-state index contributed by atoms with van der Waals surface area (Å²) < 4.78 is 1.96. The van der Waals surface area contributed by atoms with Crippen LogP contribution >= 0.6 is 0 Å². The number of carbonyl (C=O) groups is 1. The van der Waals surface area contributed by atoms with Gasteiger partial charge in [0.15, 0.2) is 5.65 Å². The molecule has 0 N–H and O–H groups in total. The molecule has 1 fully saturated rings. The molecule has 1 aliphatic heterocycles. The van der Waals surface area contributed by atoms with Crippen LogP contribution in [0.2, 0.25) is 0 Å². The molecular formula is C21H25N5O. The highest BCUT2D eigenvalue weighted by molar-refractivity contribution is 5.81. The lowest BCUT2D eigenvalue weighted by molar-refractivity contribution is -0.129. The van der Waals surface area contributed by atoms with E-state index in [9.17, 15) is 4.79 Å². The Morgan fingerprint density at radius 1 is 1.00 bits per heavy atom. The third-order valence-electron chi connectivity index (χ3n) is 5.26. The normalized spacial score (nSPS) is 14.8. The summed E-state index contributed by atoms with van der Waals surface area (Å²) in [6, 6.07) is 10.6. The van der Waals surface area contributed by atoms with E-state index in [1.54, 1.807) is 6.92 Å². The van der Waals surface area contributed by atoms with Crippen molar-refractivity contribution in [2.45, 2.75) is 27.7 Å². The van der Waals surface area contributed by atoms with Crippen molar-refractivity contribution in [2.24, 2.45) is 0 Å². The molecule has 1 saturated heterocycles. The Morgan fingerprint density at radius 3 is 2.30 bits per heavy atom. The molecular weight excluding hydrogens is 338 g/mol. The smallest absolute Gasteiger partial charge is 0.219 e. The number of carbonyl (C=O) groups excluding carboxylic acids is 1. The summed E-state index contributed by atoms with van der Waals surface area (Å²) in [4.78, 5) is 20.6. The van der Waals surface area contributed by atoms with Crippen molar-refractivity contribution in [2.75, 3.05) is 31.1 Å². The van der Waals surface area contributed by atoms with Crippen molar-refractivity contribution in [1.29, 1.82) is 0 Å². The first kappa shape index (κ1) is 17.5. The monoisotopic (exact) mass is 363 g/mol. The van der Waals surface area contributed by atoms with E-state index in [4.69, 9.17) is 10.1 Å². The van der Waals surface area contributed by atoms with Gasteiger partial charge in [0.25, 0.3) is 0 Å². The van der Waals surface area contributed by atoms with Gasteiger partial charge in [-0.3, -0.25) is 4.79 Å². The minimum Gasteiger partial charge on any atom is -0.353 e. The minimum absolute atomic E-state index is 0.141. The summed E-state index contributed by atoms with van der Waals surface area (Å²) in [5.41, 5.74) is 6.29. The Labute approximate surface area is 159 Å². The second-order valence-corrected chi connectivity index (χ2v) is 7.31. The number of hydrogen-bond acceptors (Lipinski definition) is 4. The Hall–Kier alpha value is -2.89. The van der Waals surface area contributed by atoms with E-state index in [2.05, 4.69) is 42.2 Å². The van der Waals surface area contributed by atoms with E-state index < -0.39 is 0 Å². The number of anilines is 1. The first-order valence-electron chi connectivity index (χ1n) is 9.38. The van der Waals surface area contributed by atoms with Gasteiger partial charge in [-0.05, 0) is 26.3 Å². The molecule has 0 aliphatic carbocycles. The van der Waals surface area contributed by atoms with Crippen LogP contribution < -0.4 is 4.90 Å². The van der Waals surface area contributed by atoms with E-state index in [0.29, 0.717) is 0 Å². The average molecular weight is 363 g/mol. The second-order valence-electron chi connectivity index (χ2n) is 7.31. The first-order chi connectivity index (χ1) is 12.9. The van der Waals surface area contributed by atoms with E-state index in [1.165, 1.54) is 5.56 Å². The molecule has 0 bridgehead atoms. The summed E-state index contributed by atoms with van der Waals surface area (Å²) in [5, 5.41) is 4.81. The van der Waals surface area contributed by atoms with Crippen molar-refractivity contribution >= 4 is 17.4 Å². The third kappa shape index (κ3) is 3.16. The van der Waals surface area contributed by atoms with Crippen molar-refractivity contribution in [3.63, 3.8) is 0 Å². The summed E-state index contributed by atoms with van der Waals surface area (Å²) in [7, 11) is 0. The zero-order valence-electron chi connectivity index (χ0n) is 16.4. The van der Waals surface area contributed by atoms with Gasteiger partial charge in [0.2, 0.25) is 5.91 Å². The quantitative estimate of drug-likeness (QED) is 0.702. The topological polar surface area (TPSA) is 53.7 Å². The van der Waals surface area contributed by atoms with E-state index in [-0.39, 0.29) is 5.91 Å².